The molecule has 0 rings (SSSR count). The lowest BCUT2D eigenvalue weighted by molar-refractivity contribution is -0.368. The molecule has 0 bridgehead atoms. The van der Waals surface area contributed by atoms with Gasteiger partial charge in [0.25, 0.3) is 5.97 Å². The molecule has 0 aromatic carbocycles. The molecule has 0 amide bonds. The van der Waals surface area contributed by atoms with Crippen molar-refractivity contribution in [1.82, 2.24) is 0 Å². The zero-order chi connectivity index (χ0) is 13.1. The number of ether oxygens (including phenoxy) is 2. The smallest absolute Gasteiger partial charge is 0.275 e. The van der Waals surface area contributed by atoms with Crippen LogP contribution in [0.2, 0.25) is 0 Å². The molecule has 0 aliphatic rings. The first-order chi connectivity index (χ1) is 8.16. The fraction of sp³-hybridized carbons (Fsp3) is 1.00. The van der Waals surface area contributed by atoms with Gasteiger partial charge in [0, 0.05) is 5.92 Å². The van der Waals surface area contributed by atoms with Crippen molar-refractivity contribution in [3.8, 4) is 0 Å². The first-order valence-electron chi connectivity index (χ1n) is 6.69. The molecule has 0 saturated carbocycles. The highest BCUT2D eigenvalue weighted by molar-refractivity contribution is 5.98. The first-order valence-corrected chi connectivity index (χ1v) is 7.51. The van der Waals surface area contributed by atoms with Crippen LogP contribution in [0.25, 0.3) is 0 Å². The lowest BCUT2D eigenvalue weighted by Crippen LogP contribution is -2.45. The third kappa shape index (κ3) is 5.97. The second-order valence-electron chi connectivity index (χ2n) is 4.34. The molecule has 0 spiro atoms. The largest absolute Gasteiger partial charge is 0.380 e. The molecule has 0 aliphatic heterocycles. The van der Waals surface area contributed by atoms with Crippen molar-refractivity contribution in [2.75, 3.05) is 19.8 Å². The van der Waals surface area contributed by atoms with E-state index in [1.54, 1.807) is 0 Å². The average molecular weight is 263 g/mol. The van der Waals surface area contributed by atoms with Gasteiger partial charge in [-0.2, -0.15) is 0 Å². The van der Waals surface area contributed by atoms with Crippen LogP contribution in [0.15, 0.2) is 0 Å². The van der Waals surface area contributed by atoms with Crippen LogP contribution in [0.1, 0.15) is 46.5 Å². The Morgan fingerprint density at radius 1 is 1.18 bits per heavy atom. The molecule has 0 radical (unpaired) electrons. The molecule has 0 aromatic rings. The monoisotopic (exact) mass is 263 g/mol. The number of hydrogen-bond donors (Lipinski definition) is 1. The highest BCUT2D eigenvalue weighted by atomic mass is 28.2. The van der Waals surface area contributed by atoms with E-state index >= 15 is 0 Å². The summed E-state index contributed by atoms with van der Waals surface area (Å²) in [6, 6.07) is 0. The zero-order valence-electron chi connectivity index (χ0n) is 11.8. The predicted molar refractivity (Wildman–Crippen MR) is 73.7 cm³/mol. The standard InChI is InChI=1S/C12H29NO3Si/c1-4-9-14-12(16-17,15-10-5-2)11(3)7-6-8-13/h11H,4-10,13H2,1-3,17H3. The van der Waals surface area contributed by atoms with Gasteiger partial charge in [0.15, 0.2) is 10.5 Å². The Labute approximate surface area is 109 Å². The highest BCUT2D eigenvalue weighted by Gasteiger charge is 2.37. The summed E-state index contributed by atoms with van der Waals surface area (Å²) in [5.41, 5.74) is 5.55. The molecular weight excluding hydrogens is 234 g/mol. The van der Waals surface area contributed by atoms with E-state index in [4.69, 9.17) is 19.6 Å². The maximum atomic E-state index is 5.84. The lowest BCUT2D eigenvalue weighted by atomic mass is 10.0. The van der Waals surface area contributed by atoms with Gasteiger partial charge in [-0.25, -0.2) is 0 Å². The summed E-state index contributed by atoms with van der Waals surface area (Å²) in [6.45, 7) is 8.31. The molecule has 0 heterocycles. The maximum absolute atomic E-state index is 5.84. The lowest BCUT2D eigenvalue weighted by Gasteiger charge is -2.37. The van der Waals surface area contributed by atoms with Gasteiger partial charge >= 0.3 is 0 Å². The maximum Gasteiger partial charge on any atom is 0.275 e. The molecule has 0 saturated heterocycles. The predicted octanol–water partition coefficient (Wildman–Crippen LogP) is 1.17. The van der Waals surface area contributed by atoms with Crippen LogP contribution in [0.5, 0.6) is 0 Å². The van der Waals surface area contributed by atoms with Gasteiger partial charge in [-0.1, -0.05) is 20.8 Å². The molecule has 4 nitrogen and oxygen atoms in total. The SMILES string of the molecule is CCCOC(O[SiH3])(OCCC)C(C)CCCN. The number of rotatable bonds is 11. The van der Waals surface area contributed by atoms with Crippen LogP contribution < -0.4 is 5.73 Å². The van der Waals surface area contributed by atoms with Gasteiger partial charge in [-0.15, -0.1) is 0 Å². The second kappa shape index (κ2) is 10.0. The minimum atomic E-state index is -0.840. The molecule has 0 fully saturated rings. The van der Waals surface area contributed by atoms with Crippen molar-refractivity contribution < 1.29 is 13.9 Å². The van der Waals surface area contributed by atoms with E-state index in [0.717, 1.165) is 25.7 Å². The van der Waals surface area contributed by atoms with Crippen LogP contribution in [0, 0.1) is 5.92 Å². The Bertz CT molecular complexity index is 173. The van der Waals surface area contributed by atoms with E-state index in [2.05, 4.69) is 20.8 Å². The zero-order valence-corrected chi connectivity index (χ0v) is 13.8. The summed E-state index contributed by atoms with van der Waals surface area (Å²) in [6.07, 6.45) is 3.86. The molecule has 0 aliphatic carbocycles. The molecule has 0 aromatic heterocycles. The van der Waals surface area contributed by atoms with E-state index in [9.17, 15) is 0 Å². The summed E-state index contributed by atoms with van der Waals surface area (Å²) in [7, 11) is 0.605. The Kier molecular flexibility index (Phi) is 10.1. The van der Waals surface area contributed by atoms with Gasteiger partial charge in [-0.3, -0.25) is 0 Å². The van der Waals surface area contributed by atoms with E-state index in [1.807, 2.05) is 0 Å². The molecular formula is C12H29NO3Si. The summed E-state index contributed by atoms with van der Waals surface area (Å²) < 4.78 is 17.3. The fourth-order valence-electron chi connectivity index (χ4n) is 1.73. The normalized spacial score (nSPS) is 14.1. The van der Waals surface area contributed by atoms with Crippen LogP contribution in [-0.4, -0.2) is 36.2 Å². The summed E-state index contributed by atoms with van der Waals surface area (Å²) in [4.78, 5) is 0. The second-order valence-corrected chi connectivity index (χ2v) is 4.74. The van der Waals surface area contributed by atoms with Crippen LogP contribution >= 0.6 is 0 Å². The third-order valence-electron chi connectivity index (χ3n) is 2.74. The van der Waals surface area contributed by atoms with Gasteiger partial charge in [0.2, 0.25) is 0 Å². The van der Waals surface area contributed by atoms with Gasteiger partial charge in [0.05, 0.1) is 13.2 Å². The van der Waals surface area contributed by atoms with Gasteiger partial charge in [-0.05, 0) is 32.2 Å². The van der Waals surface area contributed by atoms with Crippen molar-refractivity contribution in [1.29, 1.82) is 0 Å². The Balaban J connectivity index is 4.50. The van der Waals surface area contributed by atoms with Crippen molar-refractivity contribution in [2.24, 2.45) is 11.7 Å². The topological polar surface area (TPSA) is 53.7 Å². The van der Waals surface area contributed by atoms with E-state index in [1.165, 1.54) is 0 Å². The average Bonchev–Trinajstić information content (AvgIpc) is 2.37. The van der Waals surface area contributed by atoms with Crippen molar-refractivity contribution in [2.45, 2.75) is 52.4 Å². The van der Waals surface area contributed by atoms with Crippen LogP contribution in [0.3, 0.4) is 0 Å². The van der Waals surface area contributed by atoms with E-state index in [-0.39, 0.29) is 5.92 Å². The molecule has 104 valence electrons. The summed E-state index contributed by atoms with van der Waals surface area (Å²) in [5, 5.41) is 0. The Morgan fingerprint density at radius 3 is 2.06 bits per heavy atom. The molecule has 1 atom stereocenters. The van der Waals surface area contributed by atoms with Gasteiger partial charge in [0.1, 0.15) is 0 Å². The van der Waals surface area contributed by atoms with Crippen molar-refractivity contribution in [3.05, 3.63) is 0 Å². The van der Waals surface area contributed by atoms with Crippen LogP contribution in [-0.2, 0) is 13.9 Å². The molecule has 1 unspecified atom stereocenters. The highest BCUT2D eigenvalue weighted by Crippen LogP contribution is 2.28. The van der Waals surface area contributed by atoms with E-state index < -0.39 is 5.97 Å². The van der Waals surface area contributed by atoms with Crippen LogP contribution in [0.4, 0.5) is 0 Å². The summed E-state index contributed by atoms with van der Waals surface area (Å²) in [5.74, 6) is -0.630. The fourth-order valence-corrected chi connectivity index (χ4v) is 2.37. The van der Waals surface area contributed by atoms with Crippen molar-refractivity contribution >= 4 is 10.5 Å². The molecule has 2 N–H and O–H groups in total. The quantitative estimate of drug-likeness (QED) is 0.449. The Hall–Kier alpha value is 0.0569. The third-order valence-corrected chi connectivity index (χ3v) is 3.31. The number of nitrogens with two attached hydrogens (primary N) is 1. The van der Waals surface area contributed by atoms with Crippen molar-refractivity contribution in [3.63, 3.8) is 0 Å². The molecule has 17 heavy (non-hydrogen) atoms. The first kappa shape index (κ1) is 17.1. The summed E-state index contributed by atoms with van der Waals surface area (Å²) >= 11 is 0. The molecule has 5 heteroatoms. The van der Waals surface area contributed by atoms with Gasteiger partial charge < -0.3 is 19.6 Å². The Morgan fingerprint density at radius 2 is 1.71 bits per heavy atom. The minimum absolute atomic E-state index is 0.210. The van der Waals surface area contributed by atoms with E-state index in [0.29, 0.717) is 30.2 Å². The number of hydrogen-bond acceptors (Lipinski definition) is 4. The minimum Gasteiger partial charge on any atom is -0.380 e.